The molecule has 0 unspecified atom stereocenters. The van der Waals surface area contributed by atoms with E-state index in [1.807, 2.05) is 0 Å². The van der Waals surface area contributed by atoms with Crippen LogP contribution in [0.5, 0.6) is 17.2 Å². The molecule has 1 atom stereocenters. The molecule has 0 amide bonds. The molecular weight excluding hydrogens is 306 g/mol. The molecule has 2 rings (SSSR count). The first-order chi connectivity index (χ1) is 11.1. The van der Waals surface area contributed by atoms with Gasteiger partial charge in [-0.05, 0) is 0 Å². The summed E-state index contributed by atoms with van der Waals surface area (Å²) in [6, 6.07) is 2.95. The Bertz CT molecular complexity index is 483. The molecule has 130 valence electrons. The van der Waals surface area contributed by atoms with Crippen LogP contribution in [0, 0.1) is 0 Å². The second-order valence-corrected chi connectivity index (χ2v) is 5.37. The SMILES string of the molecule is COc1cc(OC)c([C@H](CC(F)F)N2CCNCC2)c(OC)c1. The van der Waals surface area contributed by atoms with E-state index in [0.717, 1.165) is 13.1 Å². The highest BCUT2D eigenvalue weighted by atomic mass is 19.3. The van der Waals surface area contributed by atoms with Crippen molar-refractivity contribution < 1.29 is 23.0 Å². The van der Waals surface area contributed by atoms with Crippen LogP contribution in [-0.2, 0) is 0 Å². The number of hydrogen-bond acceptors (Lipinski definition) is 5. The zero-order chi connectivity index (χ0) is 16.8. The minimum absolute atomic E-state index is 0.265. The Hall–Kier alpha value is -1.60. The van der Waals surface area contributed by atoms with Crippen LogP contribution in [-0.4, -0.2) is 58.8 Å². The summed E-state index contributed by atoms with van der Waals surface area (Å²) < 4.78 is 42.5. The highest BCUT2D eigenvalue weighted by Crippen LogP contribution is 2.42. The van der Waals surface area contributed by atoms with Crippen molar-refractivity contribution in [1.29, 1.82) is 0 Å². The molecule has 1 aliphatic heterocycles. The maximum atomic E-state index is 13.2. The van der Waals surface area contributed by atoms with Crippen molar-refractivity contribution in [3.05, 3.63) is 17.7 Å². The third-order valence-corrected chi connectivity index (χ3v) is 4.08. The average molecular weight is 330 g/mol. The van der Waals surface area contributed by atoms with Crippen LogP contribution in [0.1, 0.15) is 18.0 Å². The van der Waals surface area contributed by atoms with Gasteiger partial charge in [-0.1, -0.05) is 0 Å². The lowest BCUT2D eigenvalue weighted by molar-refractivity contribution is 0.0718. The van der Waals surface area contributed by atoms with Crippen LogP contribution in [0.25, 0.3) is 0 Å². The first-order valence-corrected chi connectivity index (χ1v) is 7.63. The predicted octanol–water partition coefficient (Wildman–Crippen LogP) is 2.31. The van der Waals surface area contributed by atoms with E-state index in [4.69, 9.17) is 14.2 Å². The number of piperazine rings is 1. The topological polar surface area (TPSA) is 43.0 Å². The predicted molar refractivity (Wildman–Crippen MR) is 83.9 cm³/mol. The van der Waals surface area contributed by atoms with E-state index in [2.05, 4.69) is 10.2 Å². The standard InChI is InChI=1S/C16H24F2N2O3/c1-21-11-8-13(22-2)16(14(9-11)23-3)12(10-15(17)18)20-6-4-19-5-7-20/h8-9,12,15,19H,4-7,10H2,1-3H3/t12-/m0/s1. The molecular formula is C16H24F2N2O3. The van der Waals surface area contributed by atoms with Crippen molar-refractivity contribution >= 4 is 0 Å². The van der Waals surface area contributed by atoms with E-state index in [-0.39, 0.29) is 6.42 Å². The zero-order valence-electron chi connectivity index (χ0n) is 13.8. The lowest BCUT2D eigenvalue weighted by atomic mass is 9.98. The van der Waals surface area contributed by atoms with E-state index >= 15 is 0 Å². The fourth-order valence-corrected chi connectivity index (χ4v) is 2.97. The minimum Gasteiger partial charge on any atom is -0.496 e. The molecule has 1 fully saturated rings. The van der Waals surface area contributed by atoms with Crippen LogP contribution in [0.3, 0.4) is 0 Å². The van der Waals surface area contributed by atoms with E-state index in [0.29, 0.717) is 35.9 Å². The molecule has 1 heterocycles. The zero-order valence-corrected chi connectivity index (χ0v) is 13.8. The van der Waals surface area contributed by atoms with Gasteiger partial charge in [0.1, 0.15) is 17.2 Å². The Morgan fingerprint density at radius 1 is 1.04 bits per heavy atom. The van der Waals surface area contributed by atoms with Crippen LogP contribution in [0.4, 0.5) is 8.78 Å². The molecule has 1 aromatic carbocycles. The number of nitrogens with one attached hydrogen (secondary N) is 1. The molecule has 1 aromatic rings. The fraction of sp³-hybridized carbons (Fsp3) is 0.625. The minimum atomic E-state index is -2.41. The summed E-state index contributed by atoms with van der Waals surface area (Å²) in [6.45, 7) is 2.96. The average Bonchev–Trinajstić information content (AvgIpc) is 2.59. The third-order valence-electron chi connectivity index (χ3n) is 4.08. The molecule has 0 bridgehead atoms. The number of rotatable bonds is 7. The maximum absolute atomic E-state index is 13.2. The third kappa shape index (κ3) is 4.23. The number of hydrogen-bond donors (Lipinski definition) is 1. The Morgan fingerprint density at radius 2 is 1.61 bits per heavy atom. The van der Waals surface area contributed by atoms with Gasteiger partial charge in [0.25, 0.3) is 0 Å². The smallest absolute Gasteiger partial charge is 0.240 e. The molecule has 23 heavy (non-hydrogen) atoms. The lowest BCUT2D eigenvalue weighted by Gasteiger charge is -2.36. The first kappa shape index (κ1) is 17.7. The van der Waals surface area contributed by atoms with Gasteiger partial charge in [-0.15, -0.1) is 0 Å². The van der Waals surface area contributed by atoms with Crippen molar-refractivity contribution in [2.75, 3.05) is 47.5 Å². The largest absolute Gasteiger partial charge is 0.496 e. The quantitative estimate of drug-likeness (QED) is 0.831. The summed E-state index contributed by atoms with van der Waals surface area (Å²) in [7, 11) is 4.59. The van der Waals surface area contributed by atoms with Crippen LogP contribution < -0.4 is 19.5 Å². The van der Waals surface area contributed by atoms with Crippen LogP contribution >= 0.6 is 0 Å². The van der Waals surface area contributed by atoms with E-state index in [9.17, 15) is 8.78 Å². The second kappa shape index (κ2) is 8.31. The Kier molecular flexibility index (Phi) is 6.41. The fourth-order valence-electron chi connectivity index (χ4n) is 2.97. The van der Waals surface area contributed by atoms with Crippen LogP contribution in [0.2, 0.25) is 0 Å². The maximum Gasteiger partial charge on any atom is 0.240 e. The molecule has 0 saturated carbocycles. The number of benzene rings is 1. The summed E-state index contributed by atoms with van der Waals surface area (Å²) in [5, 5.41) is 3.24. The summed E-state index contributed by atoms with van der Waals surface area (Å²) in [5.74, 6) is 1.58. The number of alkyl halides is 2. The van der Waals surface area contributed by atoms with Gasteiger partial charge in [-0.25, -0.2) is 8.78 Å². The molecule has 0 aromatic heterocycles. The van der Waals surface area contributed by atoms with Crippen molar-refractivity contribution in [3.63, 3.8) is 0 Å². The molecule has 1 N–H and O–H groups in total. The second-order valence-electron chi connectivity index (χ2n) is 5.37. The monoisotopic (exact) mass is 330 g/mol. The molecule has 1 aliphatic rings. The Morgan fingerprint density at radius 3 is 2.04 bits per heavy atom. The Labute approximate surface area is 135 Å². The van der Waals surface area contributed by atoms with Gasteiger partial charge in [-0.3, -0.25) is 4.90 Å². The molecule has 0 radical (unpaired) electrons. The molecule has 1 saturated heterocycles. The van der Waals surface area contributed by atoms with E-state index in [1.54, 1.807) is 19.2 Å². The lowest BCUT2D eigenvalue weighted by Crippen LogP contribution is -2.45. The molecule has 0 spiro atoms. The van der Waals surface area contributed by atoms with Gasteiger partial charge < -0.3 is 19.5 Å². The highest BCUT2D eigenvalue weighted by molar-refractivity contribution is 5.52. The molecule has 7 heteroatoms. The van der Waals surface area contributed by atoms with E-state index < -0.39 is 12.5 Å². The highest BCUT2D eigenvalue weighted by Gasteiger charge is 2.31. The van der Waals surface area contributed by atoms with Crippen molar-refractivity contribution in [2.45, 2.75) is 18.9 Å². The number of ether oxygens (including phenoxy) is 3. The van der Waals surface area contributed by atoms with Gasteiger partial charge in [0.05, 0.1) is 26.9 Å². The number of halogens is 2. The van der Waals surface area contributed by atoms with Crippen LogP contribution in [0.15, 0.2) is 12.1 Å². The van der Waals surface area contributed by atoms with Gasteiger partial charge in [-0.2, -0.15) is 0 Å². The van der Waals surface area contributed by atoms with Gasteiger partial charge >= 0.3 is 0 Å². The first-order valence-electron chi connectivity index (χ1n) is 7.63. The number of nitrogens with zero attached hydrogens (tertiary/aromatic N) is 1. The summed E-state index contributed by atoms with van der Waals surface area (Å²) in [4.78, 5) is 2.05. The van der Waals surface area contributed by atoms with Crippen molar-refractivity contribution in [2.24, 2.45) is 0 Å². The van der Waals surface area contributed by atoms with Gasteiger partial charge in [0, 0.05) is 50.8 Å². The Balaban J connectivity index is 2.46. The van der Waals surface area contributed by atoms with Crippen molar-refractivity contribution in [1.82, 2.24) is 10.2 Å². The van der Waals surface area contributed by atoms with E-state index in [1.165, 1.54) is 14.2 Å². The summed E-state index contributed by atoms with van der Waals surface area (Å²) in [6.07, 6.45) is -2.68. The summed E-state index contributed by atoms with van der Waals surface area (Å²) in [5.41, 5.74) is 0.651. The van der Waals surface area contributed by atoms with Gasteiger partial charge in [0.15, 0.2) is 0 Å². The van der Waals surface area contributed by atoms with Gasteiger partial charge in [0.2, 0.25) is 6.43 Å². The summed E-state index contributed by atoms with van der Waals surface area (Å²) >= 11 is 0. The molecule has 5 nitrogen and oxygen atoms in total. The number of methoxy groups -OCH3 is 3. The van der Waals surface area contributed by atoms with Crippen molar-refractivity contribution in [3.8, 4) is 17.2 Å². The normalized spacial score (nSPS) is 17.1. The molecule has 0 aliphatic carbocycles.